The van der Waals surface area contributed by atoms with Gasteiger partial charge in [-0.25, -0.2) is 4.98 Å². The fourth-order valence-electron chi connectivity index (χ4n) is 2.99. The van der Waals surface area contributed by atoms with Gasteiger partial charge in [-0.15, -0.1) is 0 Å². The summed E-state index contributed by atoms with van der Waals surface area (Å²) >= 11 is 0. The van der Waals surface area contributed by atoms with Gasteiger partial charge in [-0.3, -0.25) is 4.90 Å². The van der Waals surface area contributed by atoms with Crippen molar-refractivity contribution in [2.45, 2.75) is 20.4 Å². The SMILES string of the molecule is Cc1cc(N2CCN(Cc3cc(C)on3)CC2)n2ncnc2n1. The van der Waals surface area contributed by atoms with Crippen molar-refractivity contribution in [2.75, 3.05) is 31.1 Å². The summed E-state index contributed by atoms with van der Waals surface area (Å²) < 4.78 is 6.95. The average molecular weight is 313 g/mol. The van der Waals surface area contributed by atoms with Gasteiger partial charge in [0.15, 0.2) is 0 Å². The summed E-state index contributed by atoms with van der Waals surface area (Å²) in [5.74, 6) is 2.57. The Morgan fingerprint density at radius 2 is 1.96 bits per heavy atom. The van der Waals surface area contributed by atoms with E-state index in [2.05, 4.69) is 36.1 Å². The number of hydrogen-bond donors (Lipinski definition) is 0. The number of aromatic nitrogens is 5. The molecule has 0 radical (unpaired) electrons. The van der Waals surface area contributed by atoms with E-state index >= 15 is 0 Å². The van der Waals surface area contributed by atoms with E-state index in [1.54, 1.807) is 6.33 Å². The van der Waals surface area contributed by atoms with E-state index in [4.69, 9.17) is 4.52 Å². The molecule has 1 saturated heterocycles. The van der Waals surface area contributed by atoms with Gasteiger partial charge in [0.25, 0.3) is 5.78 Å². The van der Waals surface area contributed by atoms with E-state index < -0.39 is 0 Å². The van der Waals surface area contributed by atoms with Crippen molar-refractivity contribution in [2.24, 2.45) is 0 Å². The van der Waals surface area contributed by atoms with Crippen LogP contribution in [0, 0.1) is 13.8 Å². The fraction of sp³-hybridized carbons (Fsp3) is 0.467. The first-order valence-corrected chi connectivity index (χ1v) is 7.76. The lowest BCUT2D eigenvalue weighted by atomic mass is 10.2. The molecule has 1 aliphatic heterocycles. The minimum absolute atomic E-state index is 0.653. The quantitative estimate of drug-likeness (QED) is 0.715. The predicted molar refractivity (Wildman–Crippen MR) is 84.2 cm³/mol. The Kier molecular flexibility index (Phi) is 3.45. The van der Waals surface area contributed by atoms with Crippen molar-refractivity contribution in [3.8, 4) is 0 Å². The summed E-state index contributed by atoms with van der Waals surface area (Å²) in [6.07, 6.45) is 1.55. The first-order chi connectivity index (χ1) is 11.2. The van der Waals surface area contributed by atoms with Gasteiger partial charge in [-0.05, 0) is 13.8 Å². The molecule has 4 heterocycles. The molecule has 0 bridgehead atoms. The molecular formula is C15H19N7O. The highest BCUT2D eigenvalue weighted by molar-refractivity contribution is 5.47. The maximum absolute atomic E-state index is 5.14. The second-order valence-electron chi connectivity index (χ2n) is 5.92. The highest BCUT2D eigenvalue weighted by atomic mass is 16.5. The van der Waals surface area contributed by atoms with Crippen LogP contribution in [0.4, 0.5) is 5.82 Å². The minimum atomic E-state index is 0.653. The maximum atomic E-state index is 5.14. The minimum Gasteiger partial charge on any atom is -0.361 e. The van der Waals surface area contributed by atoms with Crippen molar-refractivity contribution in [1.29, 1.82) is 0 Å². The van der Waals surface area contributed by atoms with Gasteiger partial charge in [0.05, 0.1) is 5.69 Å². The third kappa shape index (κ3) is 2.77. The molecule has 120 valence electrons. The lowest BCUT2D eigenvalue weighted by Gasteiger charge is -2.35. The smallest absolute Gasteiger partial charge is 0.254 e. The van der Waals surface area contributed by atoms with Gasteiger partial charge < -0.3 is 9.42 Å². The summed E-state index contributed by atoms with van der Waals surface area (Å²) in [6.45, 7) is 8.57. The molecule has 0 amide bonds. The molecule has 8 nitrogen and oxygen atoms in total. The van der Waals surface area contributed by atoms with Crippen molar-refractivity contribution in [3.05, 3.63) is 35.6 Å². The summed E-state index contributed by atoms with van der Waals surface area (Å²) in [7, 11) is 0. The van der Waals surface area contributed by atoms with Crippen LogP contribution in [-0.4, -0.2) is 55.8 Å². The van der Waals surface area contributed by atoms with Gasteiger partial charge in [-0.2, -0.15) is 14.6 Å². The van der Waals surface area contributed by atoms with E-state index in [1.165, 1.54) is 0 Å². The van der Waals surface area contributed by atoms with Gasteiger partial charge in [0.1, 0.15) is 17.9 Å². The lowest BCUT2D eigenvalue weighted by molar-refractivity contribution is 0.241. The molecule has 0 aliphatic carbocycles. The zero-order valence-electron chi connectivity index (χ0n) is 13.3. The Labute approximate surface area is 133 Å². The molecule has 0 spiro atoms. The number of rotatable bonds is 3. The topological polar surface area (TPSA) is 75.6 Å². The Morgan fingerprint density at radius 3 is 2.70 bits per heavy atom. The molecule has 3 aromatic rings. The maximum Gasteiger partial charge on any atom is 0.254 e. The molecule has 0 aromatic carbocycles. The number of fused-ring (bicyclic) bond motifs is 1. The highest BCUT2D eigenvalue weighted by Gasteiger charge is 2.21. The zero-order chi connectivity index (χ0) is 15.8. The molecule has 0 N–H and O–H groups in total. The van der Waals surface area contributed by atoms with Gasteiger partial charge >= 0.3 is 0 Å². The molecule has 4 rings (SSSR count). The summed E-state index contributed by atoms with van der Waals surface area (Å²) in [5, 5.41) is 8.36. The van der Waals surface area contributed by atoms with E-state index in [0.717, 1.165) is 55.7 Å². The van der Waals surface area contributed by atoms with E-state index in [1.807, 2.05) is 24.4 Å². The molecule has 1 aliphatic rings. The first-order valence-electron chi connectivity index (χ1n) is 7.76. The second-order valence-corrected chi connectivity index (χ2v) is 5.92. The van der Waals surface area contributed by atoms with Crippen molar-refractivity contribution in [1.82, 2.24) is 29.6 Å². The van der Waals surface area contributed by atoms with Crippen molar-refractivity contribution in [3.63, 3.8) is 0 Å². The van der Waals surface area contributed by atoms with E-state index in [-0.39, 0.29) is 0 Å². The van der Waals surface area contributed by atoms with E-state index in [9.17, 15) is 0 Å². The fourth-order valence-corrected chi connectivity index (χ4v) is 2.99. The van der Waals surface area contributed by atoms with Crippen LogP contribution >= 0.6 is 0 Å². The van der Waals surface area contributed by atoms with Crippen LogP contribution in [0.3, 0.4) is 0 Å². The Bertz CT molecular complexity index is 816. The molecule has 0 atom stereocenters. The van der Waals surface area contributed by atoms with Gasteiger partial charge in [-0.1, -0.05) is 5.16 Å². The van der Waals surface area contributed by atoms with Crippen molar-refractivity contribution < 1.29 is 4.52 Å². The van der Waals surface area contributed by atoms with Crippen LogP contribution in [0.15, 0.2) is 23.0 Å². The first kappa shape index (κ1) is 14.1. The van der Waals surface area contributed by atoms with Crippen LogP contribution in [-0.2, 0) is 6.54 Å². The lowest BCUT2D eigenvalue weighted by Crippen LogP contribution is -2.46. The van der Waals surface area contributed by atoms with Crippen LogP contribution < -0.4 is 4.90 Å². The Hall–Kier alpha value is -2.48. The van der Waals surface area contributed by atoms with E-state index in [0.29, 0.717) is 5.78 Å². The van der Waals surface area contributed by atoms with Crippen molar-refractivity contribution >= 4 is 11.6 Å². The van der Waals surface area contributed by atoms with Gasteiger partial charge in [0.2, 0.25) is 0 Å². The van der Waals surface area contributed by atoms with Gasteiger partial charge in [0, 0.05) is 50.6 Å². The third-order valence-electron chi connectivity index (χ3n) is 4.12. The molecule has 0 saturated carbocycles. The molecular weight excluding hydrogens is 294 g/mol. The highest BCUT2D eigenvalue weighted by Crippen LogP contribution is 2.18. The summed E-state index contributed by atoms with van der Waals surface area (Å²) in [4.78, 5) is 13.3. The number of piperazine rings is 1. The Morgan fingerprint density at radius 1 is 1.13 bits per heavy atom. The molecule has 1 fully saturated rings. The monoisotopic (exact) mass is 313 g/mol. The number of anilines is 1. The molecule has 0 unspecified atom stereocenters. The zero-order valence-corrected chi connectivity index (χ0v) is 13.3. The van der Waals surface area contributed by atoms with Crippen LogP contribution in [0.25, 0.3) is 5.78 Å². The van der Waals surface area contributed by atoms with Crippen LogP contribution in [0.1, 0.15) is 17.1 Å². The number of hydrogen-bond acceptors (Lipinski definition) is 7. The largest absolute Gasteiger partial charge is 0.361 e. The third-order valence-corrected chi connectivity index (χ3v) is 4.12. The van der Waals surface area contributed by atoms with Crippen LogP contribution in [0.5, 0.6) is 0 Å². The molecule has 3 aromatic heterocycles. The standard InChI is InChI=1S/C15H19N7O/c1-11-7-14(22-15(18-11)16-10-17-22)21-5-3-20(4-6-21)9-13-8-12(2)23-19-13/h7-8,10H,3-6,9H2,1-2H3. The summed E-state index contributed by atoms with van der Waals surface area (Å²) in [5.41, 5.74) is 1.95. The number of nitrogens with zero attached hydrogens (tertiary/aromatic N) is 7. The Balaban J connectivity index is 1.47. The second kappa shape index (κ2) is 5.62. The summed E-state index contributed by atoms with van der Waals surface area (Å²) in [6, 6.07) is 4.07. The molecule has 23 heavy (non-hydrogen) atoms. The van der Waals surface area contributed by atoms with Crippen LogP contribution in [0.2, 0.25) is 0 Å². The normalized spacial score (nSPS) is 16.3. The average Bonchev–Trinajstić information content (AvgIpc) is 3.16. The predicted octanol–water partition coefficient (Wildman–Crippen LogP) is 1.05. The number of aryl methyl sites for hydroxylation is 2. The molecule has 8 heteroatoms.